The second-order valence-electron chi connectivity index (χ2n) is 30.6. The van der Waals surface area contributed by atoms with Crippen LogP contribution in [0.2, 0.25) is 0 Å². The quantitative estimate of drug-likeness (QED) is 0.0222. The summed E-state index contributed by atoms with van der Waals surface area (Å²) in [6, 6.07) is 0. The summed E-state index contributed by atoms with van der Waals surface area (Å²) in [5, 5.41) is 10.7. The molecule has 3 unspecified atom stereocenters. The molecule has 0 aromatic heterocycles. The minimum absolute atomic E-state index is 0.106. The molecule has 0 spiro atoms. The van der Waals surface area contributed by atoms with Gasteiger partial charge in [-0.15, -0.1) is 0 Å². The lowest BCUT2D eigenvalue weighted by molar-refractivity contribution is -0.161. The van der Waals surface area contributed by atoms with Gasteiger partial charge >= 0.3 is 39.5 Å². The molecule has 3 N–H and O–H groups in total. The maximum absolute atomic E-state index is 13.1. The SMILES string of the molecule is CCCCCCCCCCCCCCCCCCCCCCC(=O)O[C@H](COC(=O)CCCCCCCCCCCCCCCCC(C)CC)COP(=O)(O)OC[C@@H](O)COP(=O)(O)OC[C@@H](COC(=O)CCCCCCCCCCCCC)OC(=O)CCCCCCCCCCCCC(C)C. The molecule has 0 saturated heterocycles. The van der Waals surface area contributed by atoms with E-state index < -0.39 is 97.5 Å². The number of aliphatic hydroxyl groups excluding tert-OH is 1. The standard InChI is InChI=1S/C83H162O17P2/c1-7-10-12-14-16-18-20-21-22-23-24-25-26-27-32-36-43-49-55-61-67-82(87)99-78(72-94-81(86)66-60-54-48-42-35-31-29-28-30-34-40-46-52-58-64-76(6)9-3)73-97-101(89,90)95-69-77(84)70-96-102(91,92)98-74-79(71-93-80(85)65-59-53-47-41-33-19-17-15-13-11-8-2)100-83(88)68-62-56-50-44-38-37-39-45-51-57-63-75(4)5/h75-79,84H,7-74H2,1-6H3,(H,89,90)(H,91,92)/t76?,77-,78-,79-/m1/s1. The first-order valence-corrected chi connectivity index (χ1v) is 46.0. The fourth-order valence-corrected chi connectivity index (χ4v) is 14.4. The number of aliphatic hydroxyl groups is 1. The smallest absolute Gasteiger partial charge is 0.462 e. The van der Waals surface area contributed by atoms with Crippen molar-refractivity contribution in [1.29, 1.82) is 0 Å². The molecule has 0 radical (unpaired) electrons. The lowest BCUT2D eigenvalue weighted by atomic mass is 9.99. The Balaban J connectivity index is 5.24. The molecule has 606 valence electrons. The summed E-state index contributed by atoms with van der Waals surface area (Å²) in [5.74, 6) is -0.504. The van der Waals surface area contributed by atoms with Crippen LogP contribution in [0, 0.1) is 11.8 Å². The summed E-state index contributed by atoms with van der Waals surface area (Å²) in [5.41, 5.74) is 0. The van der Waals surface area contributed by atoms with Crippen LogP contribution in [0.3, 0.4) is 0 Å². The molecule has 19 heteroatoms. The van der Waals surface area contributed by atoms with Crippen molar-refractivity contribution in [2.45, 2.75) is 458 Å². The van der Waals surface area contributed by atoms with Gasteiger partial charge in [0, 0.05) is 25.7 Å². The number of esters is 4. The van der Waals surface area contributed by atoms with Gasteiger partial charge in [-0.2, -0.15) is 0 Å². The molecule has 0 heterocycles. The molecular weight excluding hydrogens is 1330 g/mol. The number of unbranched alkanes of at least 4 members (excludes halogenated alkanes) is 51. The Labute approximate surface area is 626 Å². The van der Waals surface area contributed by atoms with Crippen molar-refractivity contribution in [3.8, 4) is 0 Å². The first-order valence-electron chi connectivity index (χ1n) is 43.0. The molecule has 0 saturated carbocycles. The van der Waals surface area contributed by atoms with E-state index in [2.05, 4.69) is 41.5 Å². The molecule has 0 rings (SSSR count). The molecule has 17 nitrogen and oxygen atoms in total. The van der Waals surface area contributed by atoms with Crippen molar-refractivity contribution in [2.75, 3.05) is 39.6 Å². The zero-order chi connectivity index (χ0) is 74.9. The number of hydrogen-bond donors (Lipinski definition) is 3. The highest BCUT2D eigenvalue weighted by molar-refractivity contribution is 7.47. The van der Waals surface area contributed by atoms with Crippen LogP contribution in [0.4, 0.5) is 0 Å². The first kappa shape index (κ1) is 100. The van der Waals surface area contributed by atoms with Gasteiger partial charge in [-0.1, -0.05) is 388 Å². The number of phosphoric acid groups is 2. The maximum atomic E-state index is 13.1. The topological polar surface area (TPSA) is 237 Å². The summed E-state index contributed by atoms with van der Waals surface area (Å²) < 4.78 is 68.8. The Kier molecular flexibility index (Phi) is 73.1. The largest absolute Gasteiger partial charge is 0.472 e. The highest BCUT2D eigenvalue weighted by Gasteiger charge is 2.30. The van der Waals surface area contributed by atoms with Crippen LogP contribution in [0.25, 0.3) is 0 Å². The molecule has 0 aromatic rings. The van der Waals surface area contributed by atoms with Gasteiger partial charge in [0.25, 0.3) is 0 Å². The molecule has 0 aromatic carbocycles. The molecule has 102 heavy (non-hydrogen) atoms. The van der Waals surface area contributed by atoms with Gasteiger partial charge in [-0.3, -0.25) is 37.3 Å². The van der Waals surface area contributed by atoms with Crippen LogP contribution >= 0.6 is 15.6 Å². The van der Waals surface area contributed by atoms with Crippen LogP contribution in [0.5, 0.6) is 0 Å². The lowest BCUT2D eigenvalue weighted by Crippen LogP contribution is -2.30. The van der Waals surface area contributed by atoms with E-state index in [1.54, 1.807) is 0 Å². The highest BCUT2D eigenvalue weighted by atomic mass is 31.2. The van der Waals surface area contributed by atoms with E-state index >= 15 is 0 Å². The third-order valence-corrected chi connectivity index (χ3v) is 21.7. The minimum Gasteiger partial charge on any atom is -0.462 e. The Hall–Kier alpha value is -1.94. The molecule has 0 aliphatic heterocycles. The molecular formula is C83H162O17P2. The van der Waals surface area contributed by atoms with Gasteiger partial charge in [-0.25, -0.2) is 9.13 Å². The second-order valence-corrected chi connectivity index (χ2v) is 33.5. The Morgan fingerprint density at radius 2 is 0.500 bits per heavy atom. The van der Waals surface area contributed by atoms with Crippen LogP contribution in [-0.2, 0) is 65.4 Å². The van der Waals surface area contributed by atoms with Crippen LogP contribution in [0.15, 0.2) is 0 Å². The molecule has 0 bridgehead atoms. The van der Waals surface area contributed by atoms with Crippen LogP contribution in [-0.4, -0.2) is 96.7 Å². The third-order valence-electron chi connectivity index (χ3n) is 19.8. The van der Waals surface area contributed by atoms with Gasteiger partial charge in [-0.05, 0) is 37.5 Å². The van der Waals surface area contributed by atoms with Gasteiger partial charge in [0.15, 0.2) is 12.2 Å². The number of carbonyl (C=O) groups excluding carboxylic acids is 4. The second kappa shape index (κ2) is 74.5. The van der Waals surface area contributed by atoms with Crippen molar-refractivity contribution < 1.29 is 80.2 Å². The van der Waals surface area contributed by atoms with Gasteiger partial charge in [0.2, 0.25) is 0 Å². The summed E-state index contributed by atoms with van der Waals surface area (Å²) in [6.07, 6.45) is 65.1. The lowest BCUT2D eigenvalue weighted by Gasteiger charge is -2.21. The Morgan fingerprint density at radius 3 is 0.745 bits per heavy atom. The maximum Gasteiger partial charge on any atom is 0.472 e. The molecule has 0 fully saturated rings. The number of ether oxygens (including phenoxy) is 4. The average molecular weight is 1490 g/mol. The van der Waals surface area contributed by atoms with E-state index in [0.717, 1.165) is 102 Å². The van der Waals surface area contributed by atoms with Crippen molar-refractivity contribution in [3.05, 3.63) is 0 Å². The van der Waals surface area contributed by atoms with E-state index in [1.807, 2.05) is 0 Å². The minimum atomic E-state index is -4.96. The summed E-state index contributed by atoms with van der Waals surface area (Å²) in [4.78, 5) is 73.1. The summed E-state index contributed by atoms with van der Waals surface area (Å²) in [6.45, 7) is 9.69. The third kappa shape index (κ3) is 74.9. The molecule has 0 amide bonds. The van der Waals surface area contributed by atoms with Crippen LogP contribution < -0.4 is 0 Å². The highest BCUT2D eigenvalue weighted by Crippen LogP contribution is 2.45. The molecule has 0 aliphatic rings. The Bertz CT molecular complexity index is 1960. The van der Waals surface area contributed by atoms with E-state index in [4.69, 9.17) is 37.0 Å². The zero-order valence-corrected chi connectivity index (χ0v) is 68.7. The van der Waals surface area contributed by atoms with Gasteiger partial charge in [0.1, 0.15) is 19.3 Å². The fraction of sp³-hybridized carbons (Fsp3) is 0.952. The van der Waals surface area contributed by atoms with E-state index in [1.165, 1.54) is 257 Å². The van der Waals surface area contributed by atoms with Crippen molar-refractivity contribution in [3.63, 3.8) is 0 Å². The number of carbonyl (C=O) groups is 4. The predicted molar refractivity (Wildman–Crippen MR) is 418 cm³/mol. The van der Waals surface area contributed by atoms with Crippen LogP contribution in [0.1, 0.15) is 440 Å². The summed E-state index contributed by atoms with van der Waals surface area (Å²) in [7, 11) is -9.92. The Morgan fingerprint density at radius 1 is 0.284 bits per heavy atom. The average Bonchev–Trinajstić information content (AvgIpc) is 0.923. The van der Waals surface area contributed by atoms with Gasteiger partial charge in [0.05, 0.1) is 26.4 Å². The number of rotatable bonds is 82. The first-order chi connectivity index (χ1) is 49.4. The summed E-state index contributed by atoms with van der Waals surface area (Å²) >= 11 is 0. The van der Waals surface area contributed by atoms with Gasteiger partial charge < -0.3 is 33.8 Å². The van der Waals surface area contributed by atoms with Crippen molar-refractivity contribution in [1.82, 2.24) is 0 Å². The van der Waals surface area contributed by atoms with E-state index in [0.29, 0.717) is 25.7 Å². The van der Waals surface area contributed by atoms with E-state index in [9.17, 15) is 43.2 Å². The fourth-order valence-electron chi connectivity index (χ4n) is 12.9. The van der Waals surface area contributed by atoms with Crippen molar-refractivity contribution in [2.24, 2.45) is 11.8 Å². The molecule has 6 atom stereocenters. The number of hydrogen-bond acceptors (Lipinski definition) is 15. The van der Waals surface area contributed by atoms with E-state index in [-0.39, 0.29) is 25.7 Å². The monoisotopic (exact) mass is 1490 g/mol. The number of phosphoric ester groups is 2. The zero-order valence-electron chi connectivity index (χ0n) is 66.9. The normalized spacial score (nSPS) is 14.1. The molecule has 0 aliphatic carbocycles. The predicted octanol–water partition coefficient (Wildman–Crippen LogP) is 25.1. The van der Waals surface area contributed by atoms with Crippen molar-refractivity contribution >= 4 is 39.5 Å².